The number of carbonyl (C=O) groups excluding carboxylic acids is 1. The van der Waals surface area contributed by atoms with Crippen molar-refractivity contribution in [1.82, 2.24) is 0 Å². The van der Waals surface area contributed by atoms with Gasteiger partial charge in [-0.2, -0.15) is 0 Å². The summed E-state index contributed by atoms with van der Waals surface area (Å²) in [7, 11) is 0. The van der Waals surface area contributed by atoms with Crippen LogP contribution in [0.15, 0.2) is 40.2 Å². The third kappa shape index (κ3) is 3.17. The molecule has 0 saturated carbocycles. The Balaban J connectivity index is 2.09. The lowest BCUT2D eigenvalue weighted by atomic mass is 10.1. The number of rotatable bonds is 3. The Morgan fingerprint density at radius 1 is 1.35 bits per heavy atom. The van der Waals surface area contributed by atoms with Crippen molar-refractivity contribution in [2.75, 3.05) is 0 Å². The fraction of sp³-hybridized carbons (Fsp3) is 0.154. The smallest absolute Gasteiger partial charge is 0.344 e. The molecule has 2 nitrogen and oxygen atoms in total. The first kappa shape index (κ1) is 12.3. The second-order valence-electron chi connectivity index (χ2n) is 3.52. The Hall–Kier alpha value is -1.13. The number of benzene rings is 1. The van der Waals surface area contributed by atoms with Gasteiger partial charge in [-0.1, -0.05) is 19.1 Å². The van der Waals surface area contributed by atoms with E-state index >= 15 is 0 Å². The van der Waals surface area contributed by atoms with Gasteiger partial charge in [0.15, 0.2) is 5.06 Å². The minimum absolute atomic E-state index is 0.318. The molecule has 0 aliphatic rings. The molecule has 1 aromatic heterocycles. The lowest BCUT2D eigenvalue weighted by Crippen LogP contribution is -2.07. The van der Waals surface area contributed by atoms with Gasteiger partial charge in [0, 0.05) is 15.9 Å². The van der Waals surface area contributed by atoms with E-state index in [1.165, 1.54) is 16.9 Å². The molecule has 0 aliphatic carbocycles. The normalized spacial score (nSPS) is 10.2. The molecule has 2 rings (SSSR count). The first-order valence-electron chi connectivity index (χ1n) is 5.24. The van der Waals surface area contributed by atoms with Gasteiger partial charge in [0.1, 0.15) is 0 Å². The van der Waals surface area contributed by atoms with Crippen molar-refractivity contribution in [3.63, 3.8) is 0 Å². The molecule has 0 unspecified atom stereocenters. The van der Waals surface area contributed by atoms with Gasteiger partial charge in [-0.25, -0.2) is 4.79 Å². The molecule has 0 N–H and O–H groups in total. The van der Waals surface area contributed by atoms with Crippen molar-refractivity contribution in [1.29, 1.82) is 0 Å². The summed E-state index contributed by atoms with van der Waals surface area (Å²) in [6, 6.07) is 9.26. The van der Waals surface area contributed by atoms with Crippen LogP contribution >= 0.6 is 27.3 Å². The molecule has 0 bridgehead atoms. The standard InChI is InChI=1S/C13H11BrO2S/c1-2-9-3-5-10(6-4-9)13(15)16-12-7-11(14)8-17-12/h3-8H,2H2,1H3. The van der Waals surface area contributed by atoms with Crippen LogP contribution in [0.3, 0.4) is 0 Å². The van der Waals surface area contributed by atoms with Crippen LogP contribution in [-0.2, 0) is 6.42 Å². The van der Waals surface area contributed by atoms with Gasteiger partial charge in [0.2, 0.25) is 0 Å². The van der Waals surface area contributed by atoms with Gasteiger partial charge >= 0.3 is 5.97 Å². The molecule has 0 radical (unpaired) electrons. The zero-order chi connectivity index (χ0) is 12.3. The fourth-order valence-corrected chi connectivity index (χ4v) is 2.63. The third-order valence-electron chi connectivity index (χ3n) is 2.33. The van der Waals surface area contributed by atoms with E-state index in [-0.39, 0.29) is 5.97 Å². The average Bonchev–Trinajstić information content (AvgIpc) is 2.75. The van der Waals surface area contributed by atoms with Crippen molar-refractivity contribution < 1.29 is 9.53 Å². The van der Waals surface area contributed by atoms with E-state index in [1.807, 2.05) is 17.5 Å². The lowest BCUT2D eigenvalue weighted by Gasteiger charge is -2.02. The van der Waals surface area contributed by atoms with E-state index in [0.29, 0.717) is 10.6 Å². The van der Waals surface area contributed by atoms with E-state index in [0.717, 1.165) is 10.9 Å². The van der Waals surface area contributed by atoms with Gasteiger partial charge in [-0.05, 0) is 40.0 Å². The van der Waals surface area contributed by atoms with Gasteiger partial charge in [-0.3, -0.25) is 0 Å². The summed E-state index contributed by atoms with van der Waals surface area (Å²) in [4.78, 5) is 11.8. The van der Waals surface area contributed by atoms with Gasteiger partial charge in [-0.15, -0.1) is 11.3 Å². The van der Waals surface area contributed by atoms with Crippen LogP contribution in [0.25, 0.3) is 0 Å². The number of ether oxygens (including phenoxy) is 1. The number of carbonyl (C=O) groups is 1. The average molecular weight is 311 g/mol. The maximum absolute atomic E-state index is 11.8. The van der Waals surface area contributed by atoms with Crippen LogP contribution in [0.2, 0.25) is 0 Å². The second-order valence-corrected chi connectivity index (χ2v) is 5.31. The summed E-state index contributed by atoms with van der Waals surface area (Å²) in [5.41, 5.74) is 1.78. The summed E-state index contributed by atoms with van der Waals surface area (Å²) in [6.07, 6.45) is 0.965. The maximum Gasteiger partial charge on any atom is 0.344 e. The van der Waals surface area contributed by atoms with E-state index in [1.54, 1.807) is 18.2 Å². The summed E-state index contributed by atoms with van der Waals surface area (Å²) >= 11 is 4.71. The van der Waals surface area contributed by atoms with Gasteiger partial charge in [0.05, 0.1) is 5.56 Å². The molecule has 0 fully saturated rings. The maximum atomic E-state index is 11.8. The van der Waals surface area contributed by atoms with Crippen LogP contribution in [-0.4, -0.2) is 5.97 Å². The molecule has 0 amide bonds. The molecule has 2 aromatic rings. The predicted molar refractivity (Wildman–Crippen MR) is 72.8 cm³/mol. The highest BCUT2D eigenvalue weighted by molar-refractivity contribution is 9.10. The zero-order valence-electron chi connectivity index (χ0n) is 9.27. The highest BCUT2D eigenvalue weighted by Crippen LogP contribution is 2.27. The quantitative estimate of drug-likeness (QED) is 0.790. The van der Waals surface area contributed by atoms with Crippen molar-refractivity contribution in [2.45, 2.75) is 13.3 Å². The van der Waals surface area contributed by atoms with E-state index in [4.69, 9.17) is 4.74 Å². The number of aryl methyl sites for hydroxylation is 1. The summed E-state index contributed by atoms with van der Waals surface area (Å²) < 4.78 is 6.17. The van der Waals surface area contributed by atoms with Crippen molar-refractivity contribution in [3.05, 3.63) is 51.3 Å². The second kappa shape index (κ2) is 5.47. The minimum Gasteiger partial charge on any atom is -0.412 e. The van der Waals surface area contributed by atoms with Gasteiger partial charge in [0.25, 0.3) is 0 Å². The highest BCUT2D eigenvalue weighted by atomic mass is 79.9. The lowest BCUT2D eigenvalue weighted by molar-refractivity contribution is 0.0740. The highest BCUT2D eigenvalue weighted by Gasteiger charge is 2.09. The van der Waals surface area contributed by atoms with Crippen molar-refractivity contribution in [2.24, 2.45) is 0 Å². The van der Waals surface area contributed by atoms with E-state index < -0.39 is 0 Å². The molecule has 0 aliphatic heterocycles. The first-order chi connectivity index (χ1) is 8.19. The molecule has 88 valence electrons. The largest absolute Gasteiger partial charge is 0.412 e. The fourth-order valence-electron chi connectivity index (χ4n) is 1.38. The van der Waals surface area contributed by atoms with Crippen molar-refractivity contribution >= 4 is 33.2 Å². The number of thiophene rings is 1. The SMILES string of the molecule is CCc1ccc(C(=O)Oc2cc(Br)cs2)cc1. The van der Waals surface area contributed by atoms with Gasteiger partial charge < -0.3 is 4.74 Å². The summed E-state index contributed by atoms with van der Waals surface area (Å²) in [6.45, 7) is 2.08. The first-order valence-corrected chi connectivity index (χ1v) is 6.91. The Morgan fingerprint density at radius 3 is 2.59 bits per heavy atom. The minimum atomic E-state index is -0.318. The number of hydrogen-bond acceptors (Lipinski definition) is 3. The Bertz CT molecular complexity index is 516. The van der Waals surface area contributed by atoms with Crippen LogP contribution in [0, 0.1) is 0 Å². The number of esters is 1. The zero-order valence-corrected chi connectivity index (χ0v) is 11.7. The van der Waals surface area contributed by atoms with Crippen LogP contribution in [0.1, 0.15) is 22.8 Å². The monoisotopic (exact) mass is 310 g/mol. The van der Waals surface area contributed by atoms with Crippen LogP contribution in [0.4, 0.5) is 0 Å². The third-order valence-corrected chi connectivity index (χ3v) is 3.90. The van der Waals surface area contributed by atoms with E-state index in [9.17, 15) is 4.79 Å². The number of hydrogen-bond donors (Lipinski definition) is 0. The Labute approximate surface area is 112 Å². The molecular formula is C13H11BrO2S. The number of halogens is 1. The molecule has 1 heterocycles. The molecular weight excluding hydrogens is 300 g/mol. The Morgan fingerprint density at radius 2 is 2.06 bits per heavy atom. The topological polar surface area (TPSA) is 26.3 Å². The van der Waals surface area contributed by atoms with Crippen molar-refractivity contribution in [3.8, 4) is 5.06 Å². The molecule has 0 saturated heterocycles. The molecule has 4 heteroatoms. The van der Waals surface area contributed by atoms with E-state index in [2.05, 4.69) is 22.9 Å². The molecule has 17 heavy (non-hydrogen) atoms. The predicted octanol–water partition coefficient (Wildman–Crippen LogP) is 4.29. The summed E-state index contributed by atoms with van der Waals surface area (Å²) in [5.74, 6) is -0.318. The Kier molecular flexibility index (Phi) is 3.97. The van der Waals surface area contributed by atoms with Crippen LogP contribution in [0.5, 0.6) is 5.06 Å². The molecule has 0 spiro atoms. The molecule has 0 atom stereocenters. The summed E-state index contributed by atoms with van der Waals surface area (Å²) in [5, 5.41) is 2.48. The van der Waals surface area contributed by atoms with Crippen LogP contribution < -0.4 is 4.74 Å². The molecule has 1 aromatic carbocycles.